The Morgan fingerprint density at radius 3 is 2.68 bits per heavy atom. The Bertz CT molecular complexity index is 618. The molecule has 1 N–H and O–H groups in total. The minimum Gasteiger partial charge on any atom is -0.396 e. The number of hydrogen-bond donors (Lipinski definition) is 1. The lowest BCUT2D eigenvalue weighted by molar-refractivity contribution is -0.118. The Kier molecular flexibility index (Phi) is 4.26. The first-order valence-electron chi connectivity index (χ1n) is 10.4. The van der Waals surface area contributed by atoms with Crippen molar-refractivity contribution in [1.82, 2.24) is 0 Å². The summed E-state index contributed by atoms with van der Waals surface area (Å²) in [5.74, 6) is 3.20. The highest BCUT2D eigenvalue weighted by atomic mass is 16.2. The molecule has 4 rings (SSSR count). The molecule has 4 aliphatic carbocycles. The molecule has 3 fully saturated rings. The van der Waals surface area contributed by atoms with Crippen LogP contribution in [0.2, 0.25) is 0 Å². The zero-order valence-corrected chi connectivity index (χ0v) is 16.0. The van der Waals surface area contributed by atoms with Crippen molar-refractivity contribution in [3.63, 3.8) is 0 Å². The molecule has 0 saturated heterocycles. The van der Waals surface area contributed by atoms with Crippen molar-refractivity contribution in [3.05, 3.63) is 23.8 Å². The van der Waals surface area contributed by atoms with Crippen LogP contribution in [0.15, 0.2) is 23.8 Å². The second-order valence-electron chi connectivity index (χ2n) is 9.77. The van der Waals surface area contributed by atoms with Gasteiger partial charge in [0.25, 0.3) is 0 Å². The van der Waals surface area contributed by atoms with Gasteiger partial charge in [-0.15, -0.1) is 0 Å². The number of carbonyl (C=O) groups is 1. The van der Waals surface area contributed by atoms with Crippen molar-refractivity contribution >= 4 is 5.78 Å². The minimum absolute atomic E-state index is 0.236. The molecule has 0 aromatic carbocycles. The number of hydrogen-bond acceptors (Lipinski definition) is 2. The molecule has 6 atom stereocenters. The van der Waals surface area contributed by atoms with Crippen LogP contribution >= 0.6 is 0 Å². The van der Waals surface area contributed by atoms with Gasteiger partial charge in [-0.2, -0.15) is 0 Å². The number of carbonyl (C=O) groups excluding carboxylic acids is 1. The van der Waals surface area contributed by atoms with E-state index in [-0.39, 0.29) is 12.0 Å². The Hall–Kier alpha value is -0.890. The van der Waals surface area contributed by atoms with Crippen LogP contribution in [0, 0.1) is 34.5 Å². The summed E-state index contributed by atoms with van der Waals surface area (Å²) in [6, 6.07) is 0. The van der Waals surface area contributed by atoms with E-state index in [4.69, 9.17) is 0 Å². The lowest BCUT2D eigenvalue weighted by Crippen LogP contribution is -2.53. The summed E-state index contributed by atoms with van der Waals surface area (Å²) in [4.78, 5) is 12.1. The van der Waals surface area contributed by atoms with Gasteiger partial charge in [0.15, 0.2) is 5.78 Å². The van der Waals surface area contributed by atoms with E-state index in [9.17, 15) is 9.90 Å². The van der Waals surface area contributed by atoms with Gasteiger partial charge in [0.1, 0.15) is 0 Å². The quantitative estimate of drug-likeness (QED) is 0.727. The monoisotopic (exact) mass is 342 g/mol. The van der Waals surface area contributed by atoms with Crippen LogP contribution in [-0.2, 0) is 4.79 Å². The van der Waals surface area contributed by atoms with Gasteiger partial charge in [-0.3, -0.25) is 4.79 Å². The maximum absolute atomic E-state index is 12.1. The first-order valence-corrected chi connectivity index (χ1v) is 10.4. The highest BCUT2D eigenvalue weighted by Crippen LogP contribution is 2.67. The Morgan fingerprint density at radius 1 is 1.16 bits per heavy atom. The lowest BCUT2D eigenvalue weighted by atomic mass is 9.44. The fourth-order valence-electron chi connectivity index (χ4n) is 7.26. The molecule has 138 valence electrons. The summed E-state index contributed by atoms with van der Waals surface area (Å²) in [6.07, 6.45) is 12.0. The average Bonchev–Trinajstić information content (AvgIpc) is 2.89. The summed E-state index contributed by atoms with van der Waals surface area (Å²) < 4.78 is 0. The van der Waals surface area contributed by atoms with Gasteiger partial charge < -0.3 is 5.11 Å². The highest BCUT2D eigenvalue weighted by molar-refractivity contribution is 5.91. The van der Waals surface area contributed by atoms with Gasteiger partial charge in [0.2, 0.25) is 0 Å². The van der Waals surface area contributed by atoms with Crippen LogP contribution in [0.5, 0.6) is 0 Å². The molecule has 3 saturated carbocycles. The molecular formula is C23H34O2. The smallest absolute Gasteiger partial charge is 0.155 e. The SMILES string of the molecule is C=C1CCC2C3C(CCCO)CC4=CC(=O)CC[C@]4(C)C3CC[C@]12C. The molecule has 0 aromatic rings. The summed E-state index contributed by atoms with van der Waals surface area (Å²) in [7, 11) is 0. The zero-order valence-electron chi connectivity index (χ0n) is 16.0. The molecule has 4 unspecified atom stereocenters. The Labute approximate surface area is 152 Å². The fourth-order valence-corrected chi connectivity index (χ4v) is 7.26. The molecule has 0 radical (unpaired) electrons. The standard InChI is InChI=1S/C23H34O2/c1-15-6-7-19-21-16(5-4-12-24)13-17-14-18(25)8-10-23(17,3)20(21)9-11-22(15,19)2/h14,16,19-21,24H,1,4-13H2,2-3H3/t16?,19?,20?,21?,22-,23+/m1/s1. The van der Waals surface area contributed by atoms with Crippen molar-refractivity contribution in [2.24, 2.45) is 34.5 Å². The van der Waals surface area contributed by atoms with E-state index in [1.807, 2.05) is 6.08 Å². The van der Waals surface area contributed by atoms with E-state index in [1.54, 1.807) is 0 Å². The van der Waals surface area contributed by atoms with Crippen LogP contribution in [0.1, 0.15) is 71.6 Å². The van der Waals surface area contributed by atoms with Crippen LogP contribution < -0.4 is 0 Å². The minimum atomic E-state index is 0.236. The second-order valence-corrected chi connectivity index (χ2v) is 9.77. The summed E-state index contributed by atoms with van der Waals surface area (Å²) in [5, 5.41) is 9.42. The van der Waals surface area contributed by atoms with Gasteiger partial charge in [-0.1, -0.05) is 31.6 Å². The van der Waals surface area contributed by atoms with E-state index in [0.717, 1.165) is 43.9 Å². The van der Waals surface area contributed by atoms with E-state index >= 15 is 0 Å². The number of fused-ring (bicyclic) bond motifs is 5. The highest BCUT2D eigenvalue weighted by Gasteiger charge is 2.59. The van der Waals surface area contributed by atoms with Crippen molar-refractivity contribution < 1.29 is 9.90 Å². The van der Waals surface area contributed by atoms with Gasteiger partial charge in [-0.05, 0) is 91.9 Å². The van der Waals surface area contributed by atoms with Crippen LogP contribution in [0.4, 0.5) is 0 Å². The number of rotatable bonds is 3. The molecule has 25 heavy (non-hydrogen) atoms. The third-order valence-electron chi connectivity index (χ3n) is 8.82. The number of ketones is 1. The molecule has 0 spiro atoms. The first kappa shape index (κ1) is 17.5. The van der Waals surface area contributed by atoms with Crippen LogP contribution in [0.3, 0.4) is 0 Å². The van der Waals surface area contributed by atoms with Crippen molar-refractivity contribution in [3.8, 4) is 0 Å². The van der Waals surface area contributed by atoms with Crippen molar-refractivity contribution in [1.29, 1.82) is 0 Å². The molecule has 0 aliphatic heterocycles. The van der Waals surface area contributed by atoms with Gasteiger partial charge in [-0.25, -0.2) is 0 Å². The van der Waals surface area contributed by atoms with E-state index in [2.05, 4.69) is 20.4 Å². The summed E-state index contributed by atoms with van der Waals surface area (Å²) >= 11 is 0. The van der Waals surface area contributed by atoms with E-state index in [1.165, 1.54) is 36.8 Å². The molecule has 0 amide bonds. The third-order valence-corrected chi connectivity index (χ3v) is 8.82. The normalized spacial score (nSPS) is 46.3. The first-order chi connectivity index (χ1) is 11.9. The predicted octanol–water partition coefficient (Wildman–Crippen LogP) is 5.07. The molecule has 2 nitrogen and oxygen atoms in total. The number of aliphatic hydroxyl groups excluding tert-OH is 1. The van der Waals surface area contributed by atoms with E-state index < -0.39 is 0 Å². The largest absolute Gasteiger partial charge is 0.396 e. The van der Waals surface area contributed by atoms with Crippen molar-refractivity contribution in [2.75, 3.05) is 6.61 Å². The number of allylic oxidation sites excluding steroid dienone is 2. The Balaban J connectivity index is 1.73. The van der Waals surface area contributed by atoms with Gasteiger partial charge >= 0.3 is 0 Å². The summed E-state index contributed by atoms with van der Waals surface area (Å²) in [5.41, 5.74) is 3.50. The Morgan fingerprint density at radius 2 is 1.92 bits per heavy atom. The topological polar surface area (TPSA) is 37.3 Å². The van der Waals surface area contributed by atoms with Gasteiger partial charge in [0, 0.05) is 13.0 Å². The maximum atomic E-state index is 12.1. The maximum Gasteiger partial charge on any atom is 0.155 e. The predicted molar refractivity (Wildman–Crippen MR) is 101 cm³/mol. The van der Waals surface area contributed by atoms with E-state index in [0.29, 0.717) is 23.0 Å². The third kappa shape index (κ3) is 2.51. The fraction of sp³-hybridized carbons (Fsp3) is 0.783. The molecule has 4 aliphatic rings. The van der Waals surface area contributed by atoms with Crippen molar-refractivity contribution in [2.45, 2.75) is 71.6 Å². The molecule has 2 heteroatoms. The molecule has 0 heterocycles. The van der Waals surface area contributed by atoms with Crippen LogP contribution in [-0.4, -0.2) is 17.5 Å². The van der Waals surface area contributed by atoms with Gasteiger partial charge in [0.05, 0.1) is 0 Å². The summed E-state index contributed by atoms with van der Waals surface area (Å²) in [6.45, 7) is 9.67. The molecule has 0 bridgehead atoms. The lowest BCUT2D eigenvalue weighted by Gasteiger charge is -2.60. The molecular weight excluding hydrogens is 308 g/mol. The zero-order chi connectivity index (χ0) is 17.8. The second kappa shape index (κ2) is 6.08. The number of aliphatic hydroxyl groups is 1. The van der Waals surface area contributed by atoms with Crippen LogP contribution in [0.25, 0.3) is 0 Å². The average molecular weight is 343 g/mol. The molecule has 0 aromatic heterocycles.